The van der Waals surface area contributed by atoms with Crippen LogP contribution in [0, 0.1) is 6.92 Å². The van der Waals surface area contributed by atoms with Crippen molar-refractivity contribution in [1.29, 1.82) is 0 Å². The maximum Gasteiger partial charge on any atom is 0.358 e. The Morgan fingerprint density at radius 2 is 2.07 bits per heavy atom. The molecule has 0 amide bonds. The normalized spacial score (nSPS) is 10.2. The Bertz CT molecular complexity index is 490. The predicted molar refractivity (Wildman–Crippen MR) is 48.6 cm³/mol. The van der Waals surface area contributed by atoms with Gasteiger partial charge in [0.15, 0.2) is 5.69 Å². The maximum absolute atomic E-state index is 10.6. The van der Waals surface area contributed by atoms with E-state index in [1.165, 1.54) is 10.9 Å². The highest BCUT2D eigenvalue weighted by molar-refractivity contribution is 5.84. The Labute approximate surface area is 84.4 Å². The fourth-order valence-electron chi connectivity index (χ4n) is 0.992. The van der Waals surface area contributed by atoms with Crippen molar-refractivity contribution < 1.29 is 9.90 Å². The molecular formula is C8H7N5O2. The first-order chi connectivity index (χ1) is 7.16. The molecule has 0 atom stereocenters. The SMILES string of the molecule is Cc1ncc(-n2cc(C(=O)O)nn2)cn1. The molecule has 0 fully saturated rings. The van der Waals surface area contributed by atoms with Crippen molar-refractivity contribution in [2.75, 3.05) is 0 Å². The van der Waals surface area contributed by atoms with Crippen molar-refractivity contribution in [3.8, 4) is 5.69 Å². The van der Waals surface area contributed by atoms with Crippen LogP contribution in [0.15, 0.2) is 18.6 Å². The van der Waals surface area contributed by atoms with Crippen LogP contribution in [0.25, 0.3) is 5.69 Å². The van der Waals surface area contributed by atoms with E-state index in [4.69, 9.17) is 5.11 Å². The molecule has 0 aliphatic heterocycles. The molecular weight excluding hydrogens is 198 g/mol. The Morgan fingerprint density at radius 3 is 2.60 bits per heavy atom. The summed E-state index contributed by atoms with van der Waals surface area (Å²) in [5, 5.41) is 15.8. The smallest absolute Gasteiger partial charge is 0.358 e. The first-order valence-corrected chi connectivity index (χ1v) is 4.11. The van der Waals surface area contributed by atoms with Gasteiger partial charge in [0.2, 0.25) is 0 Å². The molecule has 15 heavy (non-hydrogen) atoms. The Hall–Kier alpha value is -2.31. The monoisotopic (exact) mass is 205 g/mol. The largest absolute Gasteiger partial charge is 0.476 e. The molecule has 0 aliphatic carbocycles. The minimum absolute atomic E-state index is 0.115. The minimum atomic E-state index is -1.12. The molecule has 0 saturated heterocycles. The molecule has 2 heterocycles. The molecule has 1 N–H and O–H groups in total. The van der Waals surface area contributed by atoms with Crippen LogP contribution >= 0.6 is 0 Å². The summed E-state index contributed by atoms with van der Waals surface area (Å²) < 4.78 is 1.31. The van der Waals surface area contributed by atoms with Gasteiger partial charge in [-0.3, -0.25) is 0 Å². The van der Waals surface area contributed by atoms with E-state index in [-0.39, 0.29) is 5.69 Å². The highest BCUT2D eigenvalue weighted by Crippen LogP contribution is 2.03. The van der Waals surface area contributed by atoms with Gasteiger partial charge in [-0.05, 0) is 6.92 Å². The van der Waals surface area contributed by atoms with E-state index < -0.39 is 5.97 Å². The summed E-state index contributed by atoms with van der Waals surface area (Å²) in [4.78, 5) is 18.5. The molecule has 0 aromatic carbocycles. The zero-order valence-corrected chi connectivity index (χ0v) is 7.82. The number of nitrogens with zero attached hydrogens (tertiary/aromatic N) is 5. The average molecular weight is 205 g/mol. The van der Waals surface area contributed by atoms with E-state index in [1.807, 2.05) is 0 Å². The van der Waals surface area contributed by atoms with Gasteiger partial charge in [0, 0.05) is 0 Å². The zero-order chi connectivity index (χ0) is 10.8. The standard InChI is InChI=1S/C8H7N5O2/c1-5-9-2-6(3-10-5)13-4-7(8(14)15)11-12-13/h2-4H,1H3,(H,14,15). The second-order valence-corrected chi connectivity index (χ2v) is 2.84. The molecule has 0 aliphatic rings. The molecule has 76 valence electrons. The summed E-state index contributed by atoms with van der Waals surface area (Å²) in [5.41, 5.74) is 0.455. The highest BCUT2D eigenvalue weighted by atomic mass is 16.4. The number of carboxylic acid groups (broad SMARTS) is 1. The topological polar surface area (TPSA) is 93.8 Å². The van der Waals surface area contributed by atoms with Crippen LogP contribution in [0.5, 0.6) is 0 Å². The molecule has 2 aromatic rings. The van der Waals surface area contributed by atoms with Gasteiger partial charge in [-0.15, -0.1) is 5.10 Å². The van der Waals surface area contributed by atoms with E-state index in [0.29, 0.717) is 11.5 Å². The van der Waals surface area contributed by atoms with Gasteiger partial charge < -0.3 is 5.11 Å². The summed E-state index contributed by atoms with van der Waals surface area (Å²) in [6.07, 6.45) is 4.39. The first-order valence-electron chi connectivity index (χ1n) is 4.11. The number of aromatic carboxylic acids is 1. The molecule has 0 bridgehead atoms. The lowest BCUT2D eigenvalue weighted by Crippen LogP contribution is -1.98. The summed E-state index contributed by atoms with van der Waals surface area (Å²) in [6, 6.07) is 0. The van der Waals surface area contributed by atoms with E-state index in [9.17, 15) is 4.79 Å². The number of hydrogen-bond acceptors (Lipinski definition) is 5. The number of aryl methyl sites for hydroxylation is 1. The first kappa shape index (κ1) is 9.25. The lowest BCUT2D eigenvalue weighted by Gasteiger charge is -1.97. The third kappa shape index (κ3) is 1.80. The maximum atomic E-state index is 10.6. The third-order valence-corrected chi connectivity index (χ3v) is 1.74. The van der Waals surface area contributed by atoms with Crippen LogP contribution < -0.4 is 0 Å². The second-order valence-electron chi connectivity index (χ2n) is 2.84. The van der Waals surface area contributed by atoms with Gasteiger partial charge in [-0.2, -0.15) is 0 Å². The third-order valence-electron chi connectivity index (χ3n) is 1.74. The van der Waals surface area contributed by atoms with Crippen LogP contribution in [-0.4, -0.2) is 36.0 Å². The summed E-state index contributed by atoms with van der Waals surface area (Å²) in [5.74, 6) is -0.480. The van der Waals surface area contributed by atoms with Gasteiger partial charge in [0.05, 0.1) is 18.6 Å². The molecule has 0 spiro atoms. The van der Waals surface area contributed by atoms with Crippen molar-refractivity contribution in [2.24, 2.45) is 0 Å². The van der Waals surface area contributed by atoms with Gasteiger partial charge in [0.25, 0.3) is 0 Å². The second kappa shape index (κ2) is 3.45. The van der Waals surface area contributed by atoms with Crippen LogP contribution in [0.2, 0.25) is 0 Å². The average Bonchev–Trinajstić information content (AvgIpc) is 2.68. The molecule has 7 heteroatoms. The number of aromatic nitrogens is 5. The lowest BCUT2D eigenvalue weighted by molar-refractivity contribution is 0.0690. The Balaban J connectivity index is 2.37. The summed E-state index contributed by atoms with van der Waals surface area (Å²) in [7, 11) is 0. The van der Waals surface area contributed by atoms with E-state index in [1.54, 1.807) is 19.3 Å². The van der Waals surface area contributed by atoms with Gasteiger partial charge in [0.1, 0.15) is 11.5 Å². The molecule has 2 rings (SSSR count). The molecule has 7 nitrogen and oxygen atoms in total. The fraction of sp³-hybridized carbons (Fsp3) is 0.125. The van der Waals surface area contributed by atoms with Crippen LogP contribution in [-0.2, 0) is 0 Å². The lowest BCUT2D eigenvalue weighted by atomic mass is 10.5. The number of rotatable bonds is 2. The number of carbonyl (C=O) groups is 1. The van der Waals surface area contributed by atoms with Gasteiger partial charge in [-0.25, -0.2) is 19.4 Å². The number of hydrogen-bond donors (Lipinski definition) is 1. The zero-order valence-electron chi connectivity index (χ0n) is 7.82. The quantitative estimate of drug-likeness (QED) is 0.745. The minimum Gasteiger partial charge on any atom is -0.476 e. The van der Waals surface area contributed by atoms with Crippen LogP contribution in [0.3, 0.4) is 0 Å². The van der Waals surface area contributed by atoms with E-state index in [2.05, 4.69) is 20.3 Å². The van der Waals surface area contributed by atoms with Gasteiger partial charge >= 0.3 is 5.97 Å². The molecule has 0 radical (unpaired) electrons. The van der Waals surface area contributed by atoms with Crippen molar-refractivity contribution in [3.63, 3.8) is 0 Å². The van der Waals surface area contributed by atoms with Crippen LogP contribution in [0.4, 0.5) is 0 Å². The summed E-state index contributed by atoms with van der Waals surface area (Å²) >= 11 is 0. The van der Waals surface area contributed by atoms with Crippen molar-refractivity contribution in [2.45, 2.75) is 6.92 Å². The molecule has 0 unspecified atom stereocenters. The van der Waals surface area contributed by atoms with Gasteiger partial charge in [-0.1, -0.05) is 5.21 Å². The van der Waals surface area contributed by atoms with Crippen molar-refractivity contribution in [3.05, 3.63) is 30.1 Å². The molecule has 0 saturated carbocycles. The Morgan fingerprint density at radius 1 is 1.40 bits per heavy atom. The van der Waals surface area contributed by atoms with E-state index >= 15 is 0 Å². The predicted octanol–water partition coefficient (Wildman–Crippen LogP) is 0.0639. The van der Waals surface area contributed by atoms with Crippen molar-refractivity contribution >= 4 is 5.97 Å². The van der Waals surface area contributed by atoms with Crippen LogP contribution in [0.1, 0.15) is 16.3 Å². The summed E-state index contributed by atoms with van der Waals surface area (Å²) in [6.45, 7) is 1.76. The molecule has 2 aromatic heterocycles. The Kier molecular flexibility index (Phi) is 2.13. The number of carboxylic acids is 1. The highest BCUT2D eigenvalue weighted by Gasteiger charge is 2.09. The van der Waals surface area contributed by atoms with Crippen molar-refractivity contribution in [1.82, 2.24) is 25.0 Å². The fourth-order valence-corrected chi connectivity index (χ4v) is 0.992. The van der Waals surface area contributed by atoms with E-state index in [0.717, 1.165) is 0 Å².